The minimum Gasteiger partial charge on any atom is -0.427 e. The zero-order valence-corrected chi connectivity index (χ0v) is 7.96. The standard InChI is InChI=1S/C9H16N2O/c1-4-6-9-10-8(5-2)7(3)11(9)12/h12H,4-6H2,1-3H3. The van der Waals surface area contributed by atoms with Gasteiger partial charge in [-0.3, -0.25) is 0 Å². The molecule has 0 aliphatic heterocycles. The van der Waals surface area contributed by atoms with Gasteiger partial charge in [-0.1, -0.05) is 13.8 Å². The largest absolute Gasteiger partial charge is 0.427 e. The number of hydrogen-bond acceptors (Lipinski definition) is 2. The fourth-order valence-electron chi connectivity index (χ4n) is 1.32. The molecule has 3 heteroatoms. The Balaban J connectivity index is 2.98. The van der Waals surface area contributed by atoms with Crippen LogP contribution in [0, 0.1) is 6.92 Å². The average Bonchev–Trinajstić information content (AvgIpc) is 2.33. The lowest BCUT2D eigenvalue weighted by molar-refractivity contribution is 0.169. The molecule has 0 atom stereocenters. The zero-order valence-electron chi connectivity index (χ0n) is 7.96. The van der Waals surface area contributed by atoms with Crippen LogP contribution in [-0.4, -0.2) is 14.9 Å². The van der Waals surface area contributed by atoms with Gasteiger partial charge in [0.25, 0.3) is 0 Å². The fourth-order valence-corrected chi connectivity index (χ4v) is 1.32. The van der Waals surface area contributed by atoms with Crippen molar-refractivity contribution >= 4 is 0 Å². The Kier molecular flexibility index (Phi) is 2.74. The highest BCUT2D eigenvalue weighted by Crippen LogP contribution is 2.10. The molecule has 0 bridgehead atoms. The van der Waals surface area contributed by atoms with Crippen LogP contribution in [0.3, 0.4) is 0 Å². The second-order valence-electron chi connectivity index (χ2n) is 2.98. The fraction of sp³-hybridized carbons (Fsp3) is 0.667. The lowest BCUT2D eigenvalue weighted by Crippen LogP contribution is -2.00. The van der Waals surface area contributed by atoms with Crippen LogP contribution in [0.5, 0.6) is 0 Å². The molecule has 1 aromatic rings. The summed E-state index contributed by atoms with van der Waals surface area (Å²) in [6.45, 7) is 6.02. The first-order valence-corrected chi connectivity index (χ1v) is 4.47. The van der Waals surface area contributed by atoms with Gasteiger partial charge in [-0.05, 0) is 19.8 Å². The Labute approximate surface area is 73.0 Å². The highest BCUT2D eigenvalue weighted by molar-refractivity contribution is 5.14. The van der Waals surface area contributed by atoms with Gasteiger partial charge >= 0.3 is 0 Å². The van der Waals surface area contributed by atoms with E-state index in [4.69, 9.17) is 0 Å². The van der Waals surface area contributed by atoms with Crippen molar-refractivity contribution in [2.45, 2.75) is 40.0 Å². The molecule has 0 unspecified atom stereocenters. The molecule has 1 rings (SSSR count). The molecular weight excluding hydrogens is 152 g/mol. The summed E-state index contributed by atoms with van der Waals surface area (Å²) in [7, 11) is 0. The summed E-state index contributed by atoms with van der Waals surface area (Å²) < 4.78 is 1.21. The number of hydrogen-bond donors (Lipinski definition) is 1. The first-order valence-electron chi connectivity index (χ1n) is 4.47. The van der Waals surface area contributed by atoms with Crippen LogP contribution in [0.1, 0.15) is 37.5 Å². The van der Waals surface area contributed by atoms with E-state index in [1.165, 1.54) is 4.73 Å². The smallest absolute Gasteiger partial charge is 0.145 e. The van der Waals surface area contributed by atoms with Gasteiger partial charge in [-0.25, -0.2) is 4.98 Å². The second kappa shape index (κ2) is 3.61. The lowest BCUT2D eigenvalue weighted by atomic mass is 10.3. The second-order valence-corrected chi connectivity index (χ2v) is 2.98. The first-order chi connectivity index (χ1) is 5.70. The van der Waals surface area contributed by atoms with Crippen molar-refractivity contribution in [3.05, 3.63) is 17.2 Å². The van der Waals surface area contributed by atoms with E-state index in [1.807, 2.05) is 13.8 Å². The van der Waals surface area contributed by atoms with Crippen LogP contribution in [0.15, 0.2) is 0 Å². The minimum atomic E-state index is 0.784. The SMILES string of the molecule is CCCc1nc(CC)c(C)n1O. The monoisotopic (exact) mass is 168 g/mol. The van der Waals surface area contributed by atoms with E-state index < -0.39 is 0 Å². The third-order valence-corrected chi connectivity index (χ3v) is 2.05. The average molecular weight is 168 g/mol. The van der Waals surface area contributed by atoms with Crippen molar-refractivity contribution in [1.82, 2.24) is 9.71 Å². The van der Waals surface area contributed by atoms with Crippen LogP contribution in [0.2, 0.25) is 0 Å². The van der Waals surface area contributed by atoms with E-state index in [-0.39, 0.29) is 0 Å². The quantitative estimate of drug-likeness (QED) is 0.700. The molecule has 68 valence electrons. The lowest BCUT2D eigenvalue weighted by Gasteiger charge is -1.98. The predicted molar refractivity (Wildman–Crippen MR) is 47.5 cm³/mol. The van der Waals surface area contributed by atoms with Crippen LogP contribution >= 0.6 is 0 Å². The molecular formula is C9H16N2O. The molecule has 0 amide bonds. The van der Waals surface area contributed by atoms with Gasteiger partial charge in [0.05, 0.1) is 11.4 Å². The summed E-state index contributed by atoms with van der Waals surface area (Å²) in [5.41, 5.74) is 1.88. The van der Waals surface area contributed by atoms with E-state index in [1.54, 1.807) is 0 Å². The van der Waals surface area contributed by atoms with Gasteiger partial charge in [-0.15, -0.1) is 0 Å². The van der Waals surface area contributed by atoms with Gasteiger partial charge in [0.2, 0.25) is 0 Å². The number of rotatable bonds is 3. The number of nitrogens with zero attached hydrogens (tertiary/aromatic N) is 2. The van der Waals surface area contributed by atoms with Gasteiger partial charge in [-0.2, -0.15) is 4.73 Å². The molecule has 1 N–H and O–H groups in total. The van der Waals surface area contributed by atoms with Gasteiger partial charge in [0, 0.05) is 6.42 Å². The molecule has 0 aliphatic carbocycles. The number of imidazole rings is 1. The molecule has 0 spiro atoms. The van der Waals surface area contributed by atoms with Crippen molar-refractivity contribution in [3.63, 3.8) is 0 Å². The molecule has 0 fully saturated rings. The van der Waals surface area contributed by atoms with Crippen LogP contribution in [0.25, 0.3) is 0 Å². The Bertz CT molecular complexity index is 266. The number of aryl methyl sites for hydroxylation is 2. The molecule has 0 saturated heterocycles. The molecule has 1 heterocycles. The van der Waals surface area contributed by atoms with Crippen LogP contribution in [0.4, 0.5) is 0 Å². The van der Waals surface area contributed by atoms with Gasteiger partial charge < -0.3 is 5.21 Å². The molecule has 0 aliphatic rings. The van der Waals surface area contributed by atoms with E-state index in [0.717, 1.165) is 36.5 Å². The summed E-state index contributed by atoms with van der Waals surface area (Å²) in [6, 6.07) is 0. The molecule has 0 saturated carbocycles. The van der Waals surface area contributed by atoms with E-state index >= 15 is 0 Å². The third-order valence-electron chi connectivity index (χ3n) is 2.05. The normalized spacial score (nSPS) is 10.6. The molecule has 12 heavy (non-hydrogen) atoms. The maximum Gasteiger partial charge on any atom is 0.145 e. The molecule has 3 nitrogen and oxygen atoms in total. The maximum atomic E-state index is 9.53. The van der Waals surface area contributed by atoms with Crippen molar-refractivity contribution in [3.8, 4) is 0 Å². The highest BCUT2D eigenvalue weighted by Gasteiger charge is 2.09. The van der Waals surface area contributed by atoms with Gasteiger partial charge in [0.1, 0.15) is 5.82 Å². The summed E-state index contributed by atoms with van der Waals surface area (Å²) in [6.07, 6.45) is 2.74. The highest BCUT2D eigenvalue weighted by atomic mass is 16.5. The summed E-state index contributed by atoms with van der Waals surface area (Å²) in [4.78, 5) is 4.33. The van der Waals surface area contributed by atoms with Crippen LogP contribution in [-0.2, 0) is 12.8 Å². The van der Waals surface area contributed by atoms with Crippen molar-refractivity contribution in [2.24, 2.45) is 0 Å². The Morgan fingerprint density at radius 1 is 1.42 bits per heavy atom. The van der Waals surface area contributed by atoms with Crippen molar-refractivity contribution in [1.29, 1.82) is 0 Å². The predicted octanol–water partition coefficient (Wildman–Crippen LogP) is 1.94. The topological polar surface area (TPSA) is 38.0 Å². The van der Waals surface area contributed by atoms with E-state index in [2.05, 4.69) is 11.9 Å². The van der Waals surface area contributed by atoms with E-state index in [0.29, 0.717) is 0 Å². The minimum absolute atomic E-state index is 0.784. The zero-order chi connectivity index (χ0) is 9.14. The molecule has 0 aromatic carbocycles. The van der Waals surface area contributed by atoms with Crippen molar-refractivity contribution in [2.75, 3.05) is 0 Å². The van der Waals surface area contributed by atoms with Crippen LogP contribution < -0.4 is 0 Å². The molecule has 1 aromatic heterocycles. The maximum absolute atomic E-state index is 9.53. The third kappa shape index (κ3) is 1.44. The Morgan fingerprint density at radius 3 is 2.50 bits per heavy atom. The molecule has 0 radical (unpaired) electrons. The summed E-state index contributed by atoms with van der Waals surface area (Å²) >= 11 is 0. The summed E-state index contributed by atoms with van der Waals surface area (Å²) in [5.74, 6) is 0.784. The van der Waals surface area contributed by atoms with E-state index in [9.17, 15) is 5.21 Å². The van der Waals surface area contributed by atoms with Crippen molar-refractivity contribution < 1.29 is 5.21 Å². The summed E-state index contributed by atoms with van der Waals surface area (Å²) in [5, 5.41) is 9.53. The first kappa shape index (κ1) is 9.10. The Hall–Kier alpha value is -0.990. The Morgan fingerprint density at radius 2 is 2.08 bits per heavy atom. The van der Waals surface area contributed by atoms with Gasteiger partial charge in [0.15, 0.2) is 0 Å². The number of aromatic nitrogens is 2.